The lowest BCUT2D eigenvalue weighted by atomic mass is 10.2. The number of nitrogens with zero attached hydrogens (tertiary/aromatic N) is 1. The number of amides is 2. The van der Waals surface area contributed by atoms with Crippen LogP contribution in [0.2, 0.25) is 0 Å². The number of benzene rings is 1. The molecule has 0 unspecified atom stereocenters. The molecule has 1 aliphatic rings. The van der Waals surface area contributed by atoms with Crippen molar-refractivity contribution in [1.29, 1.82) is 0 Å². The number of carbonyl (C=O) groups excluding carboxylic acids is 2. The van der Waals surface area contributed by atoms with Crippen LogP contribution in [0.25, 0.3) is 0 Å². The van der Waals surface area contributed by atoms with Gasteiger partial charge in [-0.15, -0.1) is 0 Å². The maximum Gasteiger partial charge on any atom is 0.328 e. The minimum atomic E-state index is -0.696. The predicted octanol–water partition coefficient (Wildman–Crippen LogP) is 1.54. The minimum absolute atomic E-state index is 0.107. The zero-order valence-electron chi connectivity index (χ0n) is 11.8. The molecule has 2 atom stereocenters. The summed E-state index contributed by atoms with van der Waals surface area (Å²) < 4.78 is 10.3. The van der Waals surface area contributed by atoms with Crippen LogP contribution >= 0.6 is 0 Å². The smallest absolute Gasteiger partial charge is 0.328 e. The van der Waals surface area contributed by atoms with Crippen LogP contribution in [0.1, 0.15) is 13.8 Å². The predicted molar refractivity (Wildman–Crippen MR) is 73.9 cm³/mol. The Labute approximate surface area is 117 Å². The van der Waals surface area contributed by atoms with Gasteiger partial charge in [-0.25, -0.2) is 9.59 Å². The van der Waals surface area contributed by atoms with Gasteiger partial charge < -0.3 is 14.8 Å². The van der Waals surface area contributed by atoms with Gasteiger partial charge in [-0.2, -0.15) is 0 Å². The van der Waals surface area contributed by atoms with Crippen LogP contribution < -0.4 is 15.0 Å². The lowest BCUT2D eigenvalue weighted by Crippen LogP contribution is -2.51. The van der Waals surface area contributed by atoms with Crippen LogP contribution in [0.3, 0.4) is 0 Å². The first-order chi connectivity index (χ1) is 9.52. The van der Waals surface area contributed by atoms with Gasteiger partial charge in [0.2, 0.25) is 0 Å². The van der Waals surface area contributed by atoms with Crippen LogP contribution in [0.5, 0.6) is 5.75 Å². The number of para-hydroxylation sites is 2. The molecule has 1 aromatic rings. The van der Waals surface area contributed by atoms with Crippen molar-refractivity contribution in [2.45, 2.75) is 26.0 Å². The average Bonchev–Trinajstić information content (AvgIpc) is 2.45. The molecule has 1 N–H and O–H groups in total. The molecule has 108 valence electrons. The van der Waals surface area contributed by atoms with Crippen LogP contribution in [0.4, 0.5) is 10.5 Å². The first kappa shape index (κ1) is 14.2. The third-order valence-electron chi connectivity index (χ3n) is 3.06. The molecule has 0 aliphatic carbocycles. The van der Waals surface area contributed by atoms with Crippen molar-refractivity contribution in [3.8, 4) is 5.75 Å². The molecule has 0 saturated heterocycles. The maximum absolute atomic E-state index is 12.3. The van der Waals surface area contributed by atoms with E-state index >= 15 is 0 Å². The van der Waals surface area contributed by atoms with Gasteiger partial charge in [-0.3, -0.25) is 4.90 Å². The molecule has 6 nitrogen and oxygen atoms in total. The van der Waals surface area contributed by atoms with Gasteiger partial charge in [0.15, 0.2) is 0 Å². The van der Waals surface area contributed by atoms with Crippen LogP contribution in [-0.2, 0) is 9.53 Å². The number of esters is 1. The van der Waals surface area contributed by atoms with Gasteiger partial charge in [0, 0.05) is 0 Å². The zero-order chi connectivity index (χ0) is 14.7. The molecular weight excluding hydrogens is 260 g/mol. The molecule has 2 amide bonds. The van der Waals surface area contributed by atoms with E-state index in [4.69, 9.17) is 4.74 Å². The summed E-state index contributed by atoms with van der Waals surface area (Å²) in [6.45, 7) is 3.90. The molecule has 1 aliphatic heterocycles. The van der Waals surface area contributed by atoms with Crippen molar-refractivity contribution < 1.29 is 19.1 Å². The number of anilines is 1. The van der Waals surface area contributed by atoms with Crippen molar-refractivity contribution in [2.75, 3.05) is 18.6 Å². The highest BCUT2D eigenvalue weighted by Gasteiger charge is 2.29. The first-order valence-corrected chi connectivity index (χ1v) is 6.44. The summed E-state index contributed by atoms with van der Waals surface area (Å²) in [6.07, 6.45) is -0.107. The number of rotatable bonds is 2. The van der Waals surface area contributed by atoms with Gasteiger partial charge in [0.1, 0.15) is 17.9 Å². The van der Waals surface area contributed by atoms with Crippen molar-refractivity contribution in [1.82, 2.24) is 5.32 Å². The lowest BCUT2D eigenvalue weighted by molar-refractivity contribution is -0.142. The summed E-state index contributed by atoms with van der Waals surface area (Å²) in [5.41, 5.74) is 0.695. The maximum atomic E-state index is 12.3. The van der Waals surface area contributed by atoms with E-state index in [1.165, 1.54) is 7.11 Å². The Morgan fingerprint density at radius 2 is 2.15 bits per heavy atom. The Morgan fingerprint density at radius 3 is 2.85 bits per heavy atom. The molecule has 1 aromatic carbocycles. The highest BCUT2D eigenvalue weighted by molar-refractivity contribution is 5.96. The van der Waals surface area contributed by atoms with Gasteiger partial charge in [0.25, 0.3) is 0 Å². The number of hydrogen-bond donors (Lipinski definition) is 1. The Balaban J connectivity index is 2.16. The highest BCUT2D eigenvalue weighted by Crippen LogP contribution is 2.32. The molecule has 20 heavy (non-hydrogen) atoms. The van der Waals surface area contributed by atoms with Crippen LogP contribution in [-0.4, -0.2) is 37.8 Å². The third-order valence-corrected chi connectivity index (χ3v) is 3.06. The van der Waals surface area contributed by atoms with E-state index in [1.807, 2.05) is 31.2 Å². The summed E-state index contributed by atoms with van der Waals surface area (Å²) >= 11 is 0. The van der Waals surface area contributed by atoms with Gasteiger partial charge in [-0.1, -0.05) is 12.1 Å². The Hall–Kier alpha value is -2.24. The molecule has 6 heteroatoms. The number of fused-ring (bicyclic) bond motifs is 1. The second-order valence-corrected chi connectivity index (χ2v) is 4.70. The number of nitrogens with one attached hydrogen (secondary N) is 1. The van der Waals surface area contributed by atoms with Crippen molar-refractivity contribution in [3.05, 3.63) is 24.3 Å². The van der Waals surface area contributed by atoms with E-state index in [9.17, 15) is 9.59 Å². The lowest BCUT2D eigenvalue weighted by Gasteiger charge is -2.33. The molecule has 0 saturated carbocycles. The fourth-order valence-corrected chi connectivity index (χ4v) is 2.08. The van der Waals surface area contributed by atoms with Gasteiger partial charge in [-0.05, 0) is 26.0 Å². The second-order valence-electron chi connectivity index (χ2n) is 4.70. The second kappa shape index (κ2) is 5.81. The largest absolute Gasteiger partial charge is 0.487 e. The molecule has 1 heterocycles. The number of hydrogen-bond acceptors (Lipinski definition) is 4. The highest BCUT2D eigenvalue weighted by atomic mass is 16.5. The van der Waals surface area contributed by atoms with Crippen LogP contribution in [0, 0.1) is 0 Å². The summed E-state index contributed by atoms with van der Waals surface area (Å²) in [7, 11) is 1.29. The molecule has 0 spiro atoms. The molecule has 0 radical (unpaired) electrons. The zero-order valence-corrected chi connectivity index (χ0v) is 11.8. The molecule has 2 rings (SSSR count). The minimum Gasteiger partial charge on any atom is -0.487 e. The van der Waals surface area contributed by atoms with Crippen molar-refractivity contribution in [3.63, 3.8) is 0 Å². The Bertz CT molecular complexity index is 518. The number of urea groups is 1. The molecule has 0 bridgehead atoms. The van der Waals surface area contributed by atoms with Crippen LogP contribution in [0.15, 0.2) is 24.3 Å². The monoisotopic (exact) mass is 278 g/mol. The van der Waals surface area contributed by atoms with E-state index in [2.05, 4.69) is 10.1 Å². The topological polar surface area (TPSA) is 67.9 Å². The van der Waals surface area contributed by atoms with Crippen molar-refractivity contribution >= 4 is 17.7 Å². The normalized spacial score (nSPS) is 18.6. The van der Waals surface area contributed by atoms with E-state index in [1.54, 1.807) is 11.8 Å². The van der Waals surface area contributed by atoms with E-state index in [0.29, 0.717) is 18.0 Å². The van der Waals surface area contributed by atoms with E-state index < -0.39 is 12.0 Å². The molecule has 0 fully saturated rings. The van der Waals surface area contributed by atoms with Crippen molar-refractivity contribution in [2.24, 2.45) is 0 Å². The Morgan fingerprint density at radius 1 is 1.45 bits per heavy atom. The first-order valence-electron chi connectivity index (χ1n) is 6.44. The standard InChI is InChI=1S/C14H18N2O4/c1-9-8-16(11-6-4-5-7-12(11)20-9)14(18)15-10(2)13(17)19-3/h4-7,9-10H,8H2,1-3H3,(H,15,18)/t9-,10-/m0/s1. The number of ether oxygens (including phenoxy) is 2. The average molecular weight is 278 g/mol. The quantitative estimate of drug-likeness (QED) is 0.833. The Kier molecular flexibility index (Phi) is 4.12. The summed E-state index contributed by atoms with van der Waals surface area (Å²) in [5.74, 6) is 0.181. The van der Waals surface area contributed by atoms with E-state index in [-0.39, 0.29) is 12.1 Å². The molecular formula is C14H18N2O4. The third kappa shape index (κ3) is 2.84. The SMILES string of the molecule is COC(=O)[C@H](C)NC(=O)N1C[C@H](C)Oc2ccccc21. The fourth-order valence-electron chi connectivity index (χ4n) is 2.08. The number of methoxy groups -OCH3 is 1. The summed E-state index contributed by atoms with van der Waals surface area (Å²) in [5, 5.41) is 2.62. The van der Waals surface area contributed by atoms with Gasteiger partial charge >= 0.3 is 12.0 Å². The fraction of sp³-hybridized carbons (Fsp3) is 0.429. The summed E-state index contributed by atoms with van der Waals surface area (Å²) in [6, 6.07) is 6.27. The molecule has 0 aromatic heterocycles. The van der Waals surface area contributed by atoms with Gasteiger partial charge in [0.05, 0.1) is 19.3 Å². The van der Waals surface area contributed by atoms with E-state index in [0.717, 1.165) is 0 Å². The summed E-state index contributed by atoms with van der Waals surface area (Å²) in [4.78, 5) is 25.2. The number of carbonyl (C=O) groups is 2.